The Balaban J connectivity index is 1.53. The molecule has 2 fully saturated rings. The number of thiazole rings is 1. The number of nitrogens with one attached hydrogen (secondary N) is 2. The predicted molar refractivity (Wildman–Crippen MR) is 154 cm³/mol. The van der Waals surface area contributed by atoms with Crippen LogP contribution in [-0.2, 0) is 14.4 Å². The van der Waals surface area contributed by atoms with Gasteiger partial charge in [0.1, 0.15) is 12.1 Å². The van der Waals surface area contributed by atoms with Gasteiger partial charge in [0.15, 0.2) is 5.67 Å². The zero-order valence-corrected chi connectivity index (χ0v) is 25.2. The molecule has 2 aromatic rings. The Morgan fingerprint density at radius 2 is 1.82 bits per heavy atom. The quantitative estimate of drug-likeness (QED) is 0.434. The normalized spacial score (nSPS) is 21.7. The largest absolute Gasteiger partial charge is 0.391 e. The summed E-state index contributed by atoms with van der Waals surface area (Å²) in [4.78, 5) is 46.6. The molecule has 4 rings (SSSR count). The van der Waals surface area contributed by atoms with Gasteiger partial charge in [0, 0.05) is 13.0 Å². The molecular weight excluding hydrogens is 531 g/mol. The second-order valence-corrected chi connectivity index (χ2v) is 13.5. The first-order valence-corrected chi connectivity index (χ1v) is 14.8. The minimum absolute atomic E-state index is 0.0331. The van der Waals surface area contributed by atoms with Crippen molar-refractivity contribution in [2.75, 3.05) is 6.54 Å². The van der Waals surface area contributed by atoms with Crippen LogP contribution in [0.4, 0.5) is 4.39 Å². The molecule has 3 N–H and O–H groups in total. The summed E-state index contributed by atoms with van der Waals surface area (Å²) in [6.45, 7) is 13.4. The molecule has 1 aromatic carbocycles. The van der Waals surface area contributed by atoms with Gasteiger partial charge in [0.2, 0.25) is 11.8 Å². The Bertz CT molecular complexity index is 1280. The first kappa shape index (κ1) is 30.1. The first-order chi connectivity index (χ1) is 18.6. The van der Waals surface area contributed by atoms with Gasteiger partial charge < -0.3 is 20.6 Å². The van der Waals surface area contributed by atoms with Crippen LogP contribution >= 0.6 is 11.3 Å². The van der Waals surface area contributed by atoms with Gasteiger partial charge >= 0.3 is 0 Å². The van der Waals surface area contributed by atoms with Crippen molar-refractivity contribution in [2.45, 2.75) is 104 Å². The zero-order valence-electron chi connectivity index (χ0n) is 24.4. The van der Waals surface area contributed by atoms with Gasteiger partial charge in [-0.25, -0.2) is 9.37 Å². The summed E-state index contributed by atoms with van der Waals surface area (Å²) < 4.78 is 14.4. The van der Waals surface area contributed by atoms with Crippen molar-refractivity contribution in [3.05, 3.63) is 40.5 Å². The Morgan fingerprint density at radius 3 is 2.38 bits per heavy atom. The lowest BCUT2D eigenvalue weighted by atomic mass is 9.85. The fourth-order valence-electron chi connectivity index (χ4n) is 5.29. The number of aliphatic hydroxyl groups is 1. The van der Waals surface area contributed by atoms with Crippen LogP contribution in [0.25, 0.3) is 10.4 Å². The number of β-amino-alcohol motifs (C(OH)–C–C–N with tert-alkyl or cyclic N) is 1. The van der Waals surface area contributed by atoms with Crippen molar-refractivity contribution in [3.8, 4) is 10.4 Å². The number of aromatic nitrogens is 1. The van der Waals surface area contributed by atoms with Gasteiger partial charge in [-0.05, 0) is 60.8 Å². The highest BCUT2D eigenvalue weighted by Crippen LogP contribution is 2.40. The van der Waals surface area contributed by atoms with Crippen LogP contribution in [0.5, 0.6) is 0 Å². The molecule has 1 aromatic heterocycles. The van der Waals surface area contributed by atoms with Crippen molar-refractivity contribution in [3.63, 3.8) is 0 Å². The van der Waals surface area contributed by atoms with E-state index in [4.69, 9.17) is 0 Å². The van der Waals surface area contributed by atoms with Crippen LogP contribution in [0.15, 0.2) is 23.7 Å². The maximum absolute atomic E-state index is 14.4. The molecule has 0 bridgehead atoms. The van der Waals surface area contributed by atoms with Crippen LogP contribution < -0.4 is 10.6 Å². The average Bonchev–Trinajstić information content (AvgIpc) is 3.28. The number of amides is 3. The van der Waals surface area contributed by atoms with Crippen LogP contribution in [0.3, 0.4) is 0 Å². The molecule has 218 valence electrons. The number of benzene rings is 1. The predicted octanol–water partition coefficient (Wildman–Crippen LogP) is 4.41. The summed E-state index contributed by atoms with van der Waals surface area (Å²) in [6, 6.07) is 3.91. The van der Waals surface area contributed by atoms with Crippen molar-refractivity contribution in [1.82, 2.24) is 20.5 Å². The minimum Gasteiger partial charge on any atom is -0.391 e. The monoisotopic (exact) mass is 572 g/mol. The Hall–Kier alpha value is -2.85. The third-order valence-corrected chi connectivity index (χ3v) is 8.87. The Labute approximate surface area is 239 Å². The third kappa shape index (κ3) is 6.22. The Morgan fingerprint density at radius 1 is 1.15 bits per heavy atom. The maximum atomic E-state index is 14.4. The highest BCUT2D eigenvalue weighted by molar-refractivity contribution is 7.13. The van der Waals surface area contributed by atoms with Crippen LogP contribution in [-0.4, -0.2) is 63.1 Å². The molecule has 1 aliphatic heterocycles. The molecule has 3 amide bonds. The maximum Gasteiger partial charge on any atom is 0.258 e. The lowest BCUT2D eigenvalue weighted by Crippen LogP contribution is -2.59. The topological polar surface area (TPSA) is 112 Å². The number of alkyl halides is 1. The van der Waals surface area contributed by atoms with Crippen LogP contribution in [0.2, 0.25) is 0 Å². The van der Waals surface area contributed by atoms with Crippen LogP contribution in [0.1, 0.15) is 89.6 Å². The molecule has 1 saturated carbocycles. The van der Waals surface area contributed by atoms with Gasteiger partial charge in [-0.3, -0.25) is 14.4 Å². The molecule has 1 saturated heterocycles. The van der Waals surface area contributed by atoms with E-state index < -0.39 is 41.1 Å². The number of halogens is 1. The molecule has 0 radical (unpaired) electrons. The van der Waals surface area contributed by atoms with Crippen molar-refractivity contribution >= 4 is 29.1 Å². The van der Waals surface area contributed by atoms with E-state index in [9.17, 15) is 23.9 Å². The summed E-state index contributed by atoms with van der Waals surface area (Å²) in [5.41, 5.74) is 3.31. The van der Waals surface area contributed by atoms with Gasteiger partial charge in [-0.1, -0.05) is 46.8 Å². The van der Waals surface area contributed by atoms with Crippen molar-refractivity contribution < 1.29 is 23.9 Å². The van der Waals surface area contributed by atoms with Gasteiger partial charge in [-0.2, -0.15) is 0 Å². The molecule has 0 unspecified atom stereocenters. The van der Waals surface area contributed by atoms with Gasteiger partial charge in [-0.15, -0.1) is 11.3 Å². The van der Waals surface area contributed by atoms with Gasteiger partial charge in [0.25, 0.3) is 5.91 Å². The molecule has 8 nitrogen and oxygen atoms in total. The SMILES string of the molecule is Cc1ncsc1-c1ccc([C@@H](C)NC(=O)[C@@H]2C[C@@H](O)CN2C(=O)[C@@H](NC(=O)C2(F)CC2)C(C)(C)C)c(C(C)C)c1. The highest BCUT2D eigenvalue weighted by Gasteiger charge is 2.53. The lowest BCUT2D eigenvalue weighted by Gasteiger charge is -2.36. The number of hydrogen-bond donors (Lipinski definition) is 3. The molecule has 1 aliphatic carbocycles. The lowest BCUT2D eigenvalue weighted by molar-refractivity contribution is -0.145. The number of hydrogen-bond acceptors (Lipinski definition) is 6. The minimum atomic E-state index is -1.93. The molecule has 40 heavy (non-hydrogen) atoms. The molecule has 4 atom stereocenters. The number of carbonyl (C=O) groups is 3. The number of nitrogens with zero attached hydrogens (tertiary/aromatic N) is 2. The summed E-state index contributed by atoms with van der Waals surface area (Å²) in [5, 5.41) is 16.1. The zero-order chi connectivity index (χ0) is 29.6. The fraction of sp³-hybridized carbons (Fsp3) is 0.600. The smallest absolute Gasteiger partial charge is 0.258 e. The highest BCUT2D eigenvalue weighted by atomic mass is 32.1. The van der Waals surface area contributed by atoms with E-state index in [1.165, 1.54) is 4.90 Å². The van der Waals surface area contributed by atoms with E-state index in [1.807, 2.05) is 31.5 Å². The number of likely N-dealkylation sites (tertiary alicyclic amines) is 1. The molecule has 2 heterocycles. The van der Waals surface area contributed by atoms with E-state index in [2.05, 4.69) is 35.5 Å². The summed E-state index contributed by atoms with van der Waals surface area (Å²) in [5.74, 6) is -1.47. The second-order valence-electron chi connectivity index (χ2n) is 12.6. The average molecular weight is 573 g/mol. The summed E-state index contributed by atoms with van der Waals surface area (Å²) in [7, 11) is 0. The third-order valence-electron chi connectivity index (χ3n) is 7.89. The number of carbonyl (C=O) groups excluding carboxylic acids is 3. The van der Waals surface area contributed by atoms with Crippen molar-refractivity contribution in [1.29, 1.82) is 0 Å². The Kier molecular flexibility index (Phi) is 8.43. The molecule has 0 spiro atoms. The summed E-state index contributed by atoms with van der Waals surface area (Å²) in [6.07, 6.45) is -0.519. The van der Waals surface area contributed by atoms with E-state index in [-0.39, 0.29) is 43.7 Å². The number of rotatable bonds is 8. The second kappa shape index (κ2) is 11.2. The van der Waals surface area contributed by atoms with E-state index in [0.29, 0.717) is 0 Å². The van der Waals surface area contributed by atoms with E-state index >= 15 is 0 Å². The number of aryl methyl sites for hydroxylation is 1. The molecular formula is C30H41FN4O4S. The summed E-state index contributed by atoms with van der Waals surface area (Å²) >= 11 is 1.59. The van der Waals surface area contributed by atoms with E-state index in [0.717, 1.165) is 27.3 Å². The van der Waals surface area contributed by atoms with E-state index in [1.54, 1.807) is 32.1 Å². The van der Waals surface area contributed by atoms with Crippen molar-refractivity contribution in [2.24, 2.45) is 5.41 Å². The molecule has 10 heteroatoms. The standard InChI is InChI=1S/C30H41FN4O4S/c1-16(2)22-12-19(24-18(4)32-15-40-24)8-9-21(22)17(3)33-26(37)23-13-20(36)14-35(23)27(38)25(29(5,6)7)34-28(39)30(31)10-11-30/h8-9,12,15-17,20,23,25,36H,10-11,13-14H2,1-7H3,(H,33,37)(H,34,39)/t17-,20-,23+,25-/m1/s1. The first-order valence-electron chi connectivity index (χ1n) is 14.0. The fourth-order valence-corrected chi connectivity index (χ4v) is 6.10. The molecule has 2 aliphatic rings. The van der Waals surface area contributed by atoms with Crippen LogP contribution in [0, 0.1) is 12.3 Å². The van der Waals surface area contributed by atoms with Gasteiger partial charge in [0.05, 0.1) is 28.2 Å². The number of aliphatic hydroxyl groups excluding tert-OH is 1.